The SMILES string of the molecule is CCCCCc1ccccn1.c1ccc2cnccc2c1. The van der Waals surface area contributed by atoms with Crippen LogP contribution in [0.5, 0.6) is 0 Å². The number of aromatic nitrogens is 2. The number of fused-ring (bicyclic) bond motifs is 1. The van der Waals surface area contributed by atoms with E-state index in [1.807, 2.05) is 48.9 Å². The molecule has 0 saturated carbocycles. The number of pyridine rings is 2. The molecule has 2 nitrogen and oxygen atoms in total. The molecule has 0 unspecified atom stereocenters. The highest BCUT2D eigenvalue weighted by Gasteiger charge is 1.90. The molecule has 1 aromatic carbocycles. The molecule has 3 rings (SSSR count). The van der Waals surface area contributed by atoms with Gasteiger partial charge in [-0.3, -0.25) is 9.97 Å². The molecular formula is C19H22N2. The smallest absolute Gasteiger partial charge is 0.0403 e. The van der Waals surface area contributed by atoms with E-state index in [9.17, 15) is 0 Å². The van der Waals surface area contributed by atoms with Crippen molar-refractivity contribution in [2.75, 3.05) is 0 Å². The maximum atomic E-state index is 4.25. The average molecular weight is 278 g/mol. The van der Waals surface area contributed by atoms with Crippen molar-refractivity contribution in [3.8, 4) is 0 Å². The summed E-state index contributed by atoms with van der Waals surface area (Å²) in [6.45, 7) is 2.22. The molecule has 0 saturated heterocycles. The van der Waals surface area contributed by atoms with Gasteiger partial charge in [0.05, 0.1) is 0 Å². The van der Waals surface area contributed by atoms with E-state index in [2.05, 4.69) is 35.1 Å². The largest absolute Gasteiger partial charge is 0.264 e. The van der Waals surface area contributed by atoms with Crippen LogP contribution in [0.2, 0.25) is 0 Å². The first-order chi connectivity index (χ1) is 10.4. The summed E-state index contributed by atoms with van der Waals surface area (Å²) in [5, 5.41) is 2.45. The molecule has 0 bridgehead atoms. The molecule has 0 fully saturated rings. The van der Waals surface area contributed by atoms with E-state index in [1.165, 1.54) is 35.7 Å². The van der Waals surface area contributed by atoms with Crippen molar-refractivity contribution in [2.45, 2.75) is 32.6 Å². The Labute approximate surface area is 126 Å². The molecule has 0 N–H and O–H groups in total. The quantitative estimate of drug-likeness (QED) is 0.624. The second-order valence-electron chi connectivity index (χ2n) is 5.00. The Bertz CT molecular complexity index is 570. The van der Waals surface area contributed by atoms with Gasteiger partial charge in [0.1, 0.15) is 0 Å². The van der Waals surface area contributed by atoms with Gasteiger partial charge in [0, 0.05) is 24.3 Å². The molecule has 2 aromatic heterocycles. The third-order valence-corrected chi connectivity index (χ3v) is 3.31. The van der Waals surface area contributed by atoms with E-state index in [0.29, 0.717) is 0 Å². The zero-order valence-corrected chi connectivity index (χ0v) is 12.6. The standard InChI is InChI=1S/C10H15N.C9H7N/c1-2-3-4-7-10-8-5-6-9-11-10;1-2-4-9-7-10-6-5-8(9)3-1/h5-6,8-9H,2-4,7H2,1H3;1-7H. The number of rotatable bonds is 4. The highest BCUT2D eigenvalue weighted by molar-refractivity contribution is 5.80. The van der Waals surface area contributed by atoms with Crippen LogP contribution in [-0.4, -0.2) is 9.97 Å². The van der Waals surface area contributed by atoms with Crippen LogP contribution in [0.15, 0.2) is 67.1 Å². The lowest BCUT2D eigenvalue weighted by Crippen LogP contribution is -1.87. The van der Waals surface area contributed by atoms with Crippen molar-refractivity contribution in [1.29, 1.82) is 0 Å². The molecule has 2 heterocycles. The minimum Gasteiger partial charge on any atom is -0.264 e. The first-order valence-corrected chi connectivity index (χ1v) is 7.59. The zero-order valence-electron chi connectivity index (χ0n) is 12.6. The molecule has 0 aliphatic heterocycles. The summed E-state index contributed by atoms with van der Waals surface area (Å²) in [6.07, 6.45) is 10.5. The van der Waals surface area contributed by atoms with Gasteiger partial charge >= 0.3 is 0 Å². The third-order valence-electron chi connectivity index (χ3n) is 3.31. The number of benzene rings is 1. The van der Waals surface area contributed by atoms with Crippen LogP contribution < -0.4 is 0 Å². The van der Waals surface area contributed by atoms with E-state index in [1.54, 1.807) is 0 Å². The molecule has 0 atom stereocenters. The van der Waals surface area contributed by atoms with Crippen molar-refractivity contribution in [3.05, 3.63) is 72.8 Å². The molecule has 2 heteroatoms. The Morgan fingerprint density at radius 2 is 1.62 bits per heavy atom. The minimum absolute atomic E-state index is 1.13. The van der Waals surface area contributed by atoms with E-state index < -0.39 is 0 Å². The molecule has 108 valence electrons. The van der Waals surface area contributed by atoms with E-state index >= 15 is 0 Å². The van der Waals surface area contributed by atoms with Crippen LogP contribution in [0.1, 0.15) is 31.9 Å². The predicted molar refractivity (Wildman–Crippen MR) is 89.2 cm³/mol. The van der Waals surface area contributed by atoms with Gasteiger partial charge in [-0.25, -0.2) is 0 Å². The first-order valence-electron chi connectivity index (χ1n) is 7.59. The Balaban J connectivity index is 0.000000154. The molecule has 21 heavy (non-hydrogen) atoms. The topological polar surface area (TPSA) is 25.8 Å². The summed E-state index contributed by atoms with van der Waals surface area (Å²) in [5.41, 5.74) is 1.22. The van der Waals surface area contributed by atoms with E-state index in [4.69, 9.17) is 0 Å². The van der Waals surface area contributed by atoms with Gasteiger partial charge < -0.3 is 0 Å². The first kappa shape index (κ1) is 15.2. The summed E-state index contributed by atoms with van der Waals surface area (Å²) in [4.78, 5) is 8.26. The Morgan fingerprint density at radius 3 is 2.33 bits per heavy atom. The summed E-state index contributed by atoms with van der Waals surface area (Å²) < 4.78 is 0. The van der Waals surface area contributed by atoms with Crippen LogP contribution >= 0.6 is 0 Å². The second kappa shape index (κ2) is 8.85. The maximum absolute atomic E-state index is 4.25. The predicted octanol–water partition coefficient (Wildman–Crippen LogP) is 5.05. The van der Waals surface area contributed by atoms with Crippen LogP contribution in [0.25, 0.3) is 10.8 Å². The molecule has 0 radical (unpaired) electrons. The van der Waals surface area contributed by atoms with E-state index in [0.717, 1.165) is 6.42 Å². The molecular weight excluding hydrogens is 256 g/mol. The van der Waals surface area contributed by atoms with Crippen LogP contribution in [0.3, 0.4) is 0 Å². The van der Waals surface area contributed by atoms with Crippen molar-refractivity contribution >= 4 is 10.8 Å². The number of nitrogens with zero attached hydrogens (tertiary/aromatic N) is 2. The number of aryl methyl sites for hydroxylation is 1. The number of hydrogen-bond acceptors (Lipinski definition) is 2. The average Bonchev–Trinajstić information content (AvgIpc) is 2.57. The van der Waals surface area contributed by atoms with Gasteiger partial charge in [0.25, 0.3) is 0 Å². The summed E-state index contributed by atoms with van der Waals surface area (Å²) >= 11 is 0. The number of unbranched alkanes of at least 4 members (excludes halogenated alkanes) is 2. The summed E-state index contributed by atoms with van der Waals surface area (Å²) in [6, 6.07) is 16.3. The minimum atomic E-state index is 1.13. The van der Waals surface area contributed by atoms with Crippen LogP contribution in [0, 0.1) is 0 Å². The molecule has 0 aliphatic rings. The third kappa shape index (κ3) is 5.35. The fraction of sp³-hybridized carbons (Fsp3) is 0.263. The van der Waals surface area contributed by atoms with Gasteiger partial charge in [-0.1, -0.05) is 50.1 Å². The van der Waals surface area contributed by atoms with Gasteiger partial charge in [0.2, 0.25) is 0 Å². The van der Waals surface area contributed by atoms with Crippen LogP contribution in [0.4, 0.5) is 0 Å². The summed E-state index contributed by atoms with van der Waals surface area (Å²) in [7, 11) is 0. The monoisotopic (exact) mass is 278 g/mol. The van der Waals surface area contributed by atoms with Crippen molar-refractivity contribution in [3.63, 3.8) is 0 Å². The van der Waals surface area contributed by atoms with Gasteiger partial charge in [-0.05, 0) is 41.8 Å². The van der Waals surface area contributed by atoms with Crippen LogP contribution in [-0.2, 0) is 6.42 Å². The van der Waals surface area contributed by atoms with E-state index in [-0.39, 0.29) is 0 Å². The Morgan fingerprint density at radius 1 is 0.810 bits per heavy atom. The lowest BCUT2D eigenvalue weighted by atomic mass is 10.1. The molecule has 3 aromatic rings. The lowest BCUT2D eigenvalue weighted by Gasteiger charge is -1.97. The second-order valence-corrected chi connectivity index (χ2v) is 5.00. The Kier molecular flexibility index (Phi) is 6.40. The van der Waals surface area contributed by atoms with Gasteiger partial charge in [-0.15, -0.1) is 0 Å². The van der Waals surface area contributed by atoms with Gasteiger partial charge in [0.15, 0.2) is 0 Å². The van der Waals surface area contributed by atoms with Crippen molar-refractivity contribution < 1.29 is 0 Å². The molecule has 0 amide bonds. The highest BCUT2D eigenvalue weighted by atomic mass is 14.7. The van der Waals surface area contributed by atoms with Crippen molar-refractivity contribution in [1.82, 2.24) is 9.97 Å². The van der Waals surface area contributed by atoms with Crippen molar-refractivity contribution in [2.24, 2.45) is 0 Å². The molecule has 0 spiro atoms. The molecule has 0 aliphatic carbocycles. The number of hydrogen-bond donors (Lipinski definition) is 0. The fourth-order valence-corrected chi connectivity index (χ4v) is 2.13. The zero-order chi connectivity index (χ0) is 14.8. The lowest BCUT2D eigenvalue weighted by molar-refractivity contribution is 0.707. The Hall–Kier alpha value is -2.22. The highest BCUT2D eigenvalue weighted by Crippen LogP contribution is 2.09. The normalized spacial score (nSPS) is 9.95. The maximum Gasteiger partial charge on any atom is 0.0403 e. The summed E-state index contributed by atoms with van der Waals surface area (Å²) in [5.74, 6) is 0. The fourth-order valence-electron chi connectivity index (χ4n) is 2.13. The van der Waals surface area contributed by atoms with Gasteiger partial charge in [-0.2, -0.15) is 0 Å².